The highest BCUT2D eigenvalue weighted by atomic mass is 19.1. The molecule has 32 heavy (non-hydrogen) atoms. The smallest absolute Gasteiger partial charge is 0.223 e. The Balaban J connectivity index is 1.22. The quantitative estimate of drug-likeness (QED) is 0.491. The van der Waals surface area contributed by atoms with E-state index >= 15 is 0 Å². The summed E-state index contributed by atoms with van der Waals surface area (Å²) >= 11 is 0. The molecule has 0 radical (unpaired) electrons. The molecular weight excluding hydrogens is 405 g/mol. The summed E-state index contributed by atoms with van der Waals surface area (Å²) in [6.07, 6.45) is 7.65. The summed E-state index contributed by atoms with van der Waals surface area (Å²) in [5, 5.41) is 12.6. The number of fused-ring (bicyclic) bond motifs is 1. The number of likely N-dealkylation sites (tertiary alicyclic amines) is 1. The maximum Gasteiger partial charge on any atom is 0.223 e. The first kappa shape index (κ1) is 20.4. The maximum absolute atomic E-state index is 13.1. The molecule has 1 N–H and O–H groups in total. The number of amides is 1. The minimum absolute atomic E-state index is 0.166. The van der Waals surface area contributed by atoms with Gasteiger partial charge in [-0.3, -0.25) is 14.6 Å². The SMILES string of the molecule is C[C@@H]1C[C@@H](Cn2ncc3cc(-c4cn[nH]c4)ccc32)CN1C(=O)CCc1ccc(F)cc1. The molecule has 1 fully saturated rings. The van der Waals surface area contributed by atoms with Crippen molar-refractivity contribution < 1.29 is 9.18 Å². The number of carbonyl (C=O) groups excluding carboxylic acids is 1. The third-order valence-electron chi connectivity index (χ3n) is 6.43. The van der Waals surface area contributed by atoms with Crippen LogP contribution >= 0.6 is 0 Å². The Hall–Kier alpha value is -3.48. The predicted octanol–water partition coefficient (Wildman–Crippen LogP) is 4.44. The van der Waals surface area contributed by atoms with Gasteiger partial charge in [-0.1, -0.05) is 18.2 Å². The first-order valence-corrected chi connectivity index (χ1v) is 11.1. The average molecular weight is 432 g/mol. The summed E-state index contributed by atoms with van der Waals surface area (Å²) in [6.45, 7) is 3.66. The second-order valence-electron chi connectivity index (χ2n) is 8.71. The van der Waals surface area contributed by atoms with E-state index in [-0.39, 0.29) is 17.8 Å². The molecule has 1 saturated heterocycles. The van der Waals surface area contributed by atoms with Crippen LogP contribution in [-0.4, -0.2) is 43.4 Å². The van der Waals surface area contributed by atoms with Gasteiger partial charge in [0, 0.05) is 42.7 Å². The lowest BCUT2D eigenvalue weighted by atomic mass is 10.1. The van der Waals surface area contributed by atoms with Gasteiger partial charge in [-0.15, -0.1) is 0 Å². The van der Waals surface area contributed by atoms with E-state index in [0.717, 1.165) is 47.1 Å². The van der Waals surface area contributed by atoms with Crippen LogP contribution < -0.4 is 0 Å². The Morgan fingerprint density at radius 3 is 2.78 bits per heavy atom. The van der Waals surface area contributed by atoms with Crippen LogP contribution in [0.15, 0.2) is 61.1 Å². The standard InChI is InChI=1S/C25H26FN5O/c1-17-10-19(15-30(17)25(32)9-4-18-2-6-23(26)7-3-18)16-31-24-8-5-20(11-21(24)14-29-31)22-12-27-28-13-22/h2-3,5-8,11-14,17,19H,4,9-10,15-16H2,1H3,(H,27,28)/t17-,19-/m1/s1. The number of carbonyl (C=O) groups is 1. The molecule has 1 aliphatic rings. The van der Waals surface area contributed by atoms with Gasteiger partial charge in [0.1, 0.15) is 5.82 Å². The number of aromatic nitrogens is 4. The predicted molar refractivity (Wildman–Crippen MR) is 121 cm³/mol. The van der Waals surface area contributed by atoms with Gasteiger partial charge in [0.2, 0.25) is 5.91 Å². The zero-order chi connectivity index (χ0) is 22.1. The lowest BCUT2D eigenvalue weighted by Gasteiger charge is -2.21. The average Bonchev–Trinajstić information content (AvgIpc) is 3.54. The highest BCUT2D eigenvalue weighted by molar-refractivity contribution is 5.84. The second-order valence-corrected chi connectivity index (χ2v) is 8.71. The van der Waals surface area contributed by atoms with Crippen molar-refractivity contribution in [3.8, 4) is 11.1 Å². The molecule has 3 heterocycles. The van der Waals surface area contributed by atoms with Gasteiger partial charge >= 0.3 is 0 Å². The molecule has 0 spiro atoms. The molecule has 164 valence electrons. The van der Waals surface area contributed by atoms with Crippen LogP contribution in [0.3, 0.4) is 0 Å². The number of hydrogen-bond acceptors (Lipinski definition) is 3. The zero-order valence-electron chi connectivity index (χ0n) is 18.0. The summed E-state index contributed by atoms with van der Waals surface area (Å²) < 4.78 is 15.1. The Morgan fingerprint density at radius 2 is 2.00 bits per heavy atom. The number of benzene rings is 2. The van der Waals surface area contributed by atoms with Gasteiger partial charge in [-0.25, -0.2) is 4.39 Å². The summed E-state index contributed by atoms with van der Waals surface area (Å²) in [5.41, 5.74) is 4.25. The number of aryl methyl sites for hydroxylation is 1. The van der Waals surface area contributed by atoms with E-state index in [4.69, 9.17) is 0 Å². The number of H-pyrrole nitrogens is 1. The van der Waals surface area contributed by atoms with Crippen molar-refractivity contribution in [3.63, 3.8) is 0 Å². The number of rotatable bonds is 6. The molecule has 7 heteroatoms. The molecule has 0 saturated carbocycles. The third kappa shape index (κ3) is 4.15. The van der Waals surface area contributed by atoms with Crippen LogP contribution in [-0.2, 0) is 17.8 Å². The molecule has 0 bridgehead atoms. The number of aromatic amines is 1. The van der Waals surface area contributed by atoms with Crippen molar-refractivity contribution in [2.75, 3.05) is 6.54 Å². The molecule has 1 amide bonds. The summed E-state index contributed by atoms with van der Waals surface area (Å²) in [7, 11) is 0. The fraction of sp³-hybridized carbons (Fsp3) is 0.320. The zero-order valence-corrected chi connectivity index (χ0v) is 18.0. The van der Waals surface area contributed by atoms with Crippen LogP contribution in [0, 0.1) is 11.7 Å². The van der Waals surface area contributed by atoms with Crippen molar-refractivity contribution >= 4 is 16.8 Å². The Kier molecular flexibility index (Phi) is 5.47. The van der Waals surface area contributed by atoms with Gasteiger partial charge in [-0.05, 0) is 61.1 Å². The van der Waals surface area contributed by atoms with Crippen LogP contribution in [0.5, 0.6) is 0 Å². The van der Waals surface area contributed by atoms with E-state index in [2.05, 4.69) is 45.1 Å². The Labute approximate surface area is 186 Å². The van der Waals surface area contributed by atoms with E-state index in [1.165, 1.54) is 12.1 Å². The fourth-order valence-electron chi connectivity index (χ4n) is 4.73. The second kappa shape index (κ2) is 8.57. The molecule has 1 aliphatic heterocycles. The topological polar surface area (TPSA) is 66.8 Å². The molecule has 0 aliphatic carbocycles. The molecule has 6 nitrogen and oxygen atoms in total. The highest BCUT2D eigenvalue weighted by Gasteiger charge is 2.32. The van der Waals surface area contributed by atoms with E-state index in [1.807, 2.05) is 23.5 Å². The van der Waals surface area contributed by atoms with Crippen LogP contribution in [0.1, 0.15) is 25.3 Å². The molecule has 4 aromatic rings. The van der Waals surface area contributed by atoms with Gasteiger partial charge < -0.3 is 4.90 Å². The van der Waals surface area contributed by atoms with Gasteiger partial charge in [0.25, 0.3) is 0 Å². The maximum atomic E-state index is 13.1. The molecule has 5 rings (SSSR count). The van der Waals surface area contributed by atoms with E-state index < -0.39 is 0 Å². The molecule has 0 unspecified atom stereocenters. The number of hydrogen-bond donors (Lipinski definition) is 1. The van der Waals surface area contributed by atoms with Crippen molar-refractivity contribution in [1.82, 2.24) is 24.9 Å². The first-order valence-electron chi connectivity index (χ1n) is 11.1. The van der Waals surface area contributed by atoms with Crippen molar-refractivity contribution in [2.24, 2.45) is 5.92 Å². The summed E-state index contributed by atoms with van der Waals surface area (Å²) in [5.74, 6) is 0.288. The molecule has 2 aromatic heterocycles. The van der Waals surface area contributed by atoms with Gasteiger partial charge in [0.05, 0.1) is 17.9 Å². The number of nitrogens with zero attached hydrogens (tertiary/aromatic N) is 4. The highest BCUT2D eigenvalue weighted by Crippen LogP contribution is 2.28. The molecular formula is C25H26FN5O. The third-order valence-corrected chi connectivity index (χ3v) is 6.43. The van der Waals surface area contributed by atoms with Crippen LogP contribution in [0.2, 0.25) is 0 Å². The fourth-order valence-corrected chi connectivity index (χ4v) is 4.73. The summed E-state index contributed by atoms with van der Waals surface area (Å²) in [6, 6.07) is 12.9. The van der Waals surface area contributed by atoms with Crippen molar-refractivity contribution in [1.29, 1.82) is 0 Å². The van der Waals surface area contributed by atoms with Crippen molar-refractivity contribution in [2.45, 2.75) is 38.8 Å². The van der Waals surface area contributed by atoms with E-state index in [1.54, 1.807) is 12.1 Å². The summed E-state index contributed by atoms with van der Waals surface area (Å²) in [4.78, 5) is 14.8. The van der Waals surface area contributed by atoms with Crippen LogP contribution in [0.4, 0.5) is 4.39 Å². The number of nitrogens with one attached hydrogen (secondary N) is 1. The lowest BCUT2D eigenvalue weighted by Crippen LogP contribution is -2.34. The number of halogens is 1. The van der Waals surface area contributed by atoms with E-state index in [9.17, 15) is 9.18 Å². The normalized spacial score (nSPS) is 18.5. The minimum Gasteiger partial charge on any atom is -0.340 e. The molecule has 2 atom stereocenters. The largest absolute Gasteiger partial charge is 0.340 e. The van der Waals surface area contributed by atoms with Gasteiger partial charge in [-0.2, -0.15) is 10.2 Å². The lowest BCUT2D eigenvalue weighted by molar-refractivity contribution is -0.131. The molecule has 2 aromatic carbocycles. The minimum atomic E-state index is -0.250. The van der Waals surface area contributed by atoms with Crippen molar-refractivity contribution in [3.05, 3.63) is 72.4 Å². The Bertz CT molecular complexity index is 1220. The van der Waals surface area contributed by atoms with Crippen LogP contribution in [0.25, 0.3) is 22.0 Å². The first-order chi connectivity index (χ1) is 15.6. The van der Waals surface area contributed by atoms with Gasteiger partial charge in [0.15, 0.2) is 0 Å². The van der Waals surface area contributed by atoms with E-state index in [0.29, 0.717) is 18.8 Å². The monoisotopic (exact) mass is 431 g/mol. The Morgan fingerprint density at radius 1 is 1.16 bits per heavy atom.